The number of nitrogens with zero attached hydrogens (tertiary/aromatic N) is 3. The zero-order valence-corrected chi connectivity index (χ0v) is 18.0. The van der Waals surface area contributed by atoms with E-state index in [0.717, 1.165) is 40.6 Å². The molecule has 0 aliphatic heterocycles. The Hall–Kier alpha value is -1.11. The van der Waals surface area contributed by atoms with Gasteiger partial charge in [-0.2, -0.15) is 0 Å². The van der Waals surface area contributed by atoms with E-state index in [2.05, 4.69) is 81.1 Å². The molecular formula is C19H22BrN3S2. The predicted molar refractivity (Wildman–Crippen MR) is 111 cm³/mol. The van der Waals surface area contributed by atoms with Crippen molar-refractivity contribution in [2.24, 2.45) is 0 Å². The summed E-state index contributed by atoms with van der Waals surface area (Å²) in [6, 6.07) is 8.46. The summed E-state index contributed by atoms with van der Waals surface area (Å²) in [7, 11) is 0. The van der Waals surface area contributed by atoms with Crippen LogP contribution in [0.4, 0.5) is 0 Å². The number of aryl methyl sites for hydroxylation is 1. The molecule has 0 aliphatic carbocycles. The third-order valence-electron chi connectivity index (χ3n) is 4.14. The topological polar surface area (TPSA) is 30.7 Å². The Bertz CT molecular complexity index is 837. The first kappa shape index (κ1) is 18.7. The molecule has 0 amide bonds. The first-order valence-corrected chi connectivity index (χ1v) is 11.2. The fourth-order valence-electron chi connectivity index (χ4n) is 2.85. The number of thiophene rings is 1. The van der Waals surface area contributed by atoms with Crippen LogP contribution in [-0.2, 0) is 18.7 Å². The second kappa shape index (κ2) is 8.52. The van der Waals surface area contributed by atoms with Crippen LogP contribution in [0.5, 0.6) is 0 Å². The van der Waals surface area contributed by atoms with Gasteiger partial charge in [0.25, 0.3) is 0 Å². The third kappa shape index (κ3) is 4.18. The Labute approximate surface area is 166 Å². The molecule has 0 saturated heterocycles. The molecule has 0 radical (unpaired) electrons. The first-order chi connectivity index (χ1) is 12.1. The Kier molecular flexibility index (Phi) is 6.36. The summed E-state index contributed by atoms with van der Waals surface area (Å²) in [6.07, 6.45) is 2.10. The van der Waals surface area contributed by atoms with E-state index in [9.17, 15) is 0 Å². The molecule has 25 heavy (non-hydrogen) atoms. The summed E-state index contributed by atoms with van der Waals surface area (Å²) < 4.78 is 3.39. The van der Waals surface area contributed by atoms with Crippen molar-refractivity contribution in [2.75, 3.05) is 0 Å². The van der Waals surface area contributed by atoms with E-state index in [1.54, 1.807) is 23.1 Å². The van der Waals surface area contributed by atoms with Crippen molar-refractivity contribution in [3.63, 3.8) is 0 Å². The minimum absolute atomic E-state index is 0.901. The molecule has 0 atom stereocenters. The number of halogens is 1. The standard InChI is InChI=1S/C19H22BrN3S2/c1-4-10-23-18(17-12-24-13(3)16(17)5-2)21-22-19(23)25-11-14-6-8-15(20)9-7-14/h6-9,12H,4-5,10-11H2,1-3H3. The second-order valence-corrected chi connectivity index (χ2v) is 8.85. The van der Waals surface area contributed by atoms with Crippen molar-refractivity contribution in [3.8, 4) is 11.4 Å². The molecule has 0 aliphatic rings. The Morgan fingerprint density at radius 2 is 1.92 bits per heavy atom. The highest BCUT2D eigenvalue weighted by Gasteiger charge is 2.18. The van der Waals surface area contributed by atoms with Crippen LogP contribution in [0.3, 0.4) is 0 Å². The van der Waals surface area contributed by atoms with Crippen LogP contribution < -0.4 is 0 Å². The zero-order chi connectivity index (χ0) is 17.8. The summed E-state index contributed by atoms with van der Waals surface area (Å²) in [5.41, 5.74) is 3.95. The highest BCUT2D eigenvalue weighted by molar-refractivity contribution is 9.10. The summed E-state index contributed by atoms with van der Waals surface area (Å²) in [5, 5.41) is 12.3. The molecular weight excluding hydrogens is 414 g/mol. The lowest BCUT2D eigenvalue weighted by atomic mass is 10.1. The summed E-state index contributed by atoms with van der Waals surface area (Å²) >= 11 is 7.05. The maximum absolute atomic E-state index is 4.54. The molecule has 0 saturated carbocycles. The monoisotopic (exact) mass is 435 g/mol. The lowest BCUT2D eigenvalue weighted by molar-refractivity contribution is 0.626. The molecule has 2 aromatic heterocycles. The molecule has 1 aromatic carbocycles. The van der Waals surface area contributed by atoms with E-state index < -0.39 is 0 Å². The summed E-state index contributed by atoms with van der Waals surface area (Å²) in [5.74, 6) is 1.92. The van der Waals surface area contributed by atoms with Crippen LogP contribution >= 0.6 is 39.0 Å². The molecule has 3 nitrogen and oxygen atoms in total. The Morgan fingerprint density at radius 3 is 2.60 bits per heavy atom. The van der Waals surface area contributed by atoms with Gasteiger partial charge in [-0.1, -0.05) is 53.7 Å². The van der Waals surface area contributed by atoms with Crippen LogP contribution in [0, 0.1) is 6.92 Å². The molecule has 0 spiro atoms. The lowest BCUT2D eigenvalue weighted by Crippen LogP contribution is -2.02. The van der Waals surface area contributed by atoms with Gasteiger partial charge in [0, 0.05) is 32.6 Å². The van der Waals surface area contributed by atoms with Gasteiger partial charge in [-0.25, -0.2) is 0 Å². The molecule has 0 bridgehead atoms. The molecule has 132 valence electrons. The van der Waals surface area contributed by atoms with Crippen molar-refractivity contribution in [1.82, 2.24) is 14.8 Å². The molecule has 3 rings (SSSR count). The quantitative estimate of drug-likeness (QED) is 0.405. The van der Waals surface area contributed by atoms with E-state index in [1.807, 2.05) is 0 Å². The zero-order valence-electron chi connectivity index (χ0n) is 14.8. The number of hydrogen-bond donors (Lipinski definition) is 0. The maximum Gasteiger partial charge on any atom is 0.191 e. The largest absolute Gasteiger partial charge is 0.302 e. The average Bonchev–Trinajstić information content (AvgIpc) is 3.17. The Balaban J connectivity index is 1.87. The van der Waals surface area contributed by atoms with Crippen molar-refractivity contribution >= 4 is 39.0 Å². The molecule has 6 heteroatoms. The number of rotatable bonds is 7. The average molecular weight is 436 g/mol. The van der Waals surface area contributed by atoms with Gasteiger partial charge >= 0.3 is 0 Å². The van der Waals surface area contributed by atoms with E-state index in [0.29, 0.717) is 0 Å². The highest BCUT2D eigenvalue weighted by atomic mass is 79.9. The predicted octanol–water partition coefficient (Wildman–Crippen LogP) is 6.34. The van der Waals surface area contributed by atoms with Crippen LogP contribution in [0.15, 0.2) is 39.3 Å². The minimum Gasteiger partial charge on any atom is -0.302 e. The van der Waals surface area contributed by atoms with E-state index in [4.69, 9.17) is 0 Å². The van der Waals surface area contributed by atoms with Crippen LogP contribution in [0.2, 0.25) is 0 Å². The highest BCUT2D eigenvalue weighted by Crippen LogP contribution is 2.33. The van der Waals surface area contributed by atoms with Crippen LogP contribution in [0.1, 0.15) is 36.3 Å². The molecule has 2 heterocycles. The number of aromatic nitrogens is 3. The fourth-order valence-corrected chi connectivity index (χ4v) is 4.98. The van der Waals surface area contributed by atoms with Crippen LogP contribution in [-0.4, -0.2) is 14.8 Å². The van der Waals surface area contributed by atoms with Gasteiger partial charge in [0.15, 0.2) is 11.0 Å². The number of thioether (sulfide) groups is 1. The number of benzene rings is 1. The molecule has 0 N–H and O–H groups in total. The number of hydrogen-bond acceptors (Lipinski definition) is 4. The van der Waals surface area contributed by atoms with Gasteiger partial charge < -0.3 is 4.57 Å². The molecule has 0 fully saturated rings. The fraction of sp³-hybridized carbons (Fsp3) is 0.368. The maximum atomic E-state index is 4.54. The van der Waals surface area contributed by atoms with Crippen molar-refractivity contribution < 1.29 is 0 Å². The van der Waals surface area contributed by atoms with Gasteiger partial charge in [0.05, 0.1) is 0 Å². The third-order valence-corrected chi connectivity index (χ3v) is 6.66. The van der Waals surface area contributed by atoms with E-state index in [-0.39, 0.29) is 0 Å². The summed E-state index contributed by atoms with van der Waals surface area (Å²) in [6.45, 7) is 7.55. The van der Waals surface area contributed by atoms with Gasteiger partial charge in [0.1, 0.15) is 0 Å². The van der Waals surface area contributed by atoms with Gasteiger partial charge in [-0.05, 0) is 43.0 Å². The van der Waals surface area contributed by atoms with E-state index >= 15 is 0 Å². The summed E-state index contributed by atoms with van der Waals surface area (Å²) in [4.78, 5) is 1.38. The second-order valence-electron chi connectivity index (χ2n) is 5.91. The van der Waals surface area contributed by atoms with Gasteiger partial charge in [-0.3, -0.25) is 0 Å². The minimum atomic E-state index is 0.901. The van der Waals surface area contributed by atoms with Crippen LogP contribution in [0.25, 0.3) is 11.4 Å². The van der Waals surface area contributed by atoms with E-state index in [1.165, 1.54) is 21.6 Å². The van der Waals surface area contributed by atoms with Crippen molar-refractivity contribution in [3.05, 3.63) is 50.1 Å². The van der Waals surface area contributed by atoms with Gasteiger partial charge in [-0.15, -0.1) is 21.5 Å². The lowest BCUT2D eigenvalue weighted by Gasteiger charge is -2.09. The SMILES string of the molecule is CCCn1c(SCc2ccc(Br)cc2)nnc1-c1csc(C)c1CC. The molecule has 3 aromatic rings. The Morgan fingerprint density at radius 1 is 1.16 bits per heavy atom. The normalized spacial score (nSPS) is 11.2. The smallest absolute Gasteiger partial charge is 0.191 e. The van der Waals surface area contributed by atoms with Crippen molar-refractivity contribution in [1.29, 1.82) is 0 Å². The van der Waals surface area contributed by atoms with Crippen molar-refractivity contribution in [2.45, 2.75) is 51.1 Å². The molecule has 0 unspecified atom stereocenters. The van der Waals surface area contributed by atoms with Gasteiger partial charge in [0.2, 0.25) is 0 Å². The first-order valence-electron chi connectivity index (χ1n) is 8.51.